The van der Waals surface area contributed by atoms with E-state index in [1.165, 1.54) is 5.56 Å². The topological polar surface area (TPSA) is 26.3 Å². The van der Waals surface area contributed by atoms with Crippen molar-refractivity contribution in [2.75, 3.05) is 13.2 Å². The molecule has 3 heteroatoms. The van der Waals surface area contributed by atoms with Gasteiger partial charge in [0, 0.05) is 24.7 Å². The third kappa shape index (κ3) is 3.12. The summed E-state index contributed by atoms with van der Waals surface area (Å²) in [4.78, 5) is 10.5. The fraction of sp³-hybridized carbons (Fsp3) is 0.533. The van der Waals surface area contributed by atoms with Gasteiger partial charge in [-0.1, -0.05) is 30.7 Å². The average Bonchev–Trinajstić information content (AvgIpc) is 2.40. The van der Waals surface area contributed by atoms with Gasteiger partial charge in [0.2, 0.25) is 0 Å². The monoisotopic (exact) mass is 266 g/mol. The molecule has 0 bridgehead atoms. The van der Waals surface area contributed by atoms with E-state index in [1.807, 2.05) is 13.0 Å². The van der Waals surface area contributed by atoms with Gasteiger partial charge in [-0.3, -0.25) is 0 Å². The van der Waals surface area contributed by atoms with Crippen molar-refractivity contribution < 1.29 is 9.53 Å². The highest BCUT2D eigenvalue weighted by Gasteiger charge is 2.19. The van der Waals surface area contributed by atoms with E-state index < -0.39 is 0 Å². The molecule has 1 aromatic rings. The minimum atomic E-state index is 0.240. The molecule has 1 saturated heterocycles. The lowest BCUT2D eigenvalue weighted by molar-refractivity contribution is -0.108. The van der Waals surface area contributed by atoms with Gasteiger partial charge in [0.05, 0.1) is 0 Å². The first-order valence-electron chi connectivity index (χ1n) is 6.53. The summed E-state index contributed by atoms with van der Waals surface area (Å²) >= 11 is 6.38. The molecule has 1 aromatic carbocycles. The molecule has 1 unspecified atom stereocenters. The van der Waals surface area contributed by atoms with Crippen molar-refractivity contribution in [2.24, 2.45) is 0 Å². The van der Waals surface area contributed by atoms with Crippen LogP contribution in [0.15, 0.2) is 18.2 Å². The van der Waals surface area contributed by atoms with Gasteiger partial charge in [0.25, 0.3) is 0 Å². The lowest BCUT2D eigenvalue weighted by atomic mass is 9.89. The van der Waals surface area contributed by atoms with Crippen LogP contribution in [0.2, 0.25) is 5.02 Å². The number of halogens is 1. The van der Waals surface area contributed by atoms with Crippen LogP contribution in [0.5, 0.6) is 0 Å². The summed E-state index contributed by atoms with van der Waals surface area (Å²) in [6, 6.07) is 6.24. The Kier molecular flexibility index (Phi) is 4.79. The molecule has 0 aromatic heterocycles. The number of rotatable bonds is 4. The minimum absolute atomic E-state index is 0.240. The van der Waals surface area contributed by atoms with Crippen LogP contribution in [-0.4, -0.2) is 19.5 Å². The quantitative estimate of drug-likeness (QED) is 0.772. The van der Waals surface area contributed by atoms with Crippen molar-refractivity contribution in [3.05, 3.63) is 34.3 Å². The summed E-state index contributed by atoms with van der Waals surface area (Å²) in [6.07, 6.45) is 3.60. The number of ether oxygens (including phenoxy) is 1. The normalized spacial score (nSPS) is 18.6. The number of hydrogen-bond acceptors (Lipinski definition) is 2. The lowest BCUT2D eigenvalue weighted by Crippen LogP contribution is -2.14. The molecule has 1 fully saturated rings. The number of hydrogen-bond donors (Lipinski definition) is 0. The second kappa shape index (κ2) is 6.35. The molecule has 18 heavy (non-hydrogen) atoms. The third-order valence-corrected chi connectivity index (χ3v) is 4.03. The summed E-state index contributed by atoms with van der Waals surface area (Å²) in [7, 11) is 0. The van der Waals surface area contributed by atoms with Crippen molar-refractivity contribution in [3.63, 3.8) is 0 Å². The highest BCUT2D eigenvalue weighted by Crippen LogP contribution is 2.34. The Labute approximate surface area is 113 Å². The van der Waals surface area contributed by atoms with Crippen LogP contribution in [0.25, 0.3) is 0 Å². The predicted molar refractivity (Wildman–Crippen MR) is 73.3 cm³/mol. The largest absolute Gasteiger partial charge is 0.381 e. The Morgan fingerprint density at radius 3 is 2.78 bits per heavy atom. The summed E-state index contributed by atoms with van der Waals surface area (Å²) < 4.78 is 5.37. The molecule has 0 radical (unpaired) electrons. The van der Waals surface area contributed by atoms with Gasteiger partial charge in [0.1, 0.15) is 6.29 Å². The van der Waals surface area contributed by atoms with Crippen LogP contribution in [0.3, 0.4) is 0 Å². The van der Waals surface area contributed by atoms with Crippen LogP contribution in [0, 0.1) is 0 Å². The first kappa shape index (κ1) is 13.6. The number of carbonyl (C=O) groups is 1. The number of carbonyl (C=O) groups excluding carboxylic acids is 1. The average molecular weight is 267 g/mol. The van der Waals surface area contributed by atoms with E-state index in [1.54, 1.807) is 0 Å². The molecule has 0 N–H and O–H groups in total. The first-order chi connectivity index (χ1) is 8.72. The molecule has 0 spiro atoms. The molecule has 0 saturated carbocycles. The maximum Gasteiger partial charge on any atom is 0.120 e. The van der Waals surface area contributed by atoms with Gasteiger partial charge in [-0.25, -0.2) is 0 Å². The zero-order valence-electron chi connectivity index (χ0n) is 10.7. The van der Waals surface area contributed by atoms with Gasteiger partial charge in [-0.05, 0) is 41.9 Å². The van der Waals surface area contributed by atoms with E-state index in [-0.39, 0.29) is 5.92 Å². The van der Waals surface area contributed by atoms with E-state index in [0.29, 0.717) is 12.3 Å². The highest BCUT2D eigenvalue weighted by atomic mass is 35.5. The maximum atomic E-state index is 10.5. The van der Waals surface area contributed by atoms with Crippen LogP contribution in [0.1, 0.15) is 49.1 Å². The van der Waals surface area contributed by atoms with E-state index in [9.17, 15) is 4.79 Å². The van der Waals surface area contributed by atoms with Crippen molar-refractivity contribution in [1.29, 1.82) is 0 Å². The fourth-order valence-electron chi connectivity index (χ4n) is 2.47. The van der Waals surface area contributed by atoms with E-state index in [0.717, 1.165) is 42.9 Å². The second-order valence-corrected chi connectivity index (χ2v) is 5.38. The standard InChI is InChI=1S/C15H19ClO2/c1-11(4-7-17)13-2-3-14(15(16)10-13)12-5-8-18-9-6-12/h2-3,7,10-12H,4-6,8-9H2,1H3. The number of benzene rings is 1. The van der Waals surface area contributed by atoms with Crippen molar-refractivity contribution in [1.82, 2.24) is 0 Å². The van der Waals surface area contributed by atoms with E-state index in [4.69, 9.17) is 16.3 Å². The zero-order chi connectivity index (χ0) is 13.0. The van der Waals surface area contributed by atoms with Gasteiger partial charge in [-0.15, -0.1) is 0 Å². The van der Waals surface area contributed by atoms with Gasteiger partial charge in [-0.2, -0.15) is 0 Å². The van der Waals surface area contributed by atoms with Crippen LogP contribution >= 0.6 is 11.6 Å². The third-order valence-electron chi connectivity index (χ3n) is 3.70. The summed E-state index contributed by atoms with van der Waals surface area (Å²) in [6.45, 7) is 3.70. The smallest absolute Gasteiger partial charge is 0.120 e. The molecule has 1 aliphatic heterocycles. The Morgan fingerprint density at radius 1 is 1.44 bits per heavy atom. The molecule has 2 nitrogen and oxygen atoms in total. The lowest BCUT2D eigenvalue weighted by Gasteiger charge is -2.24. The second-order valence-electron chi connectivity index (χ2n) is 4.97. The Hall–Kier alpha value is -0.860. The summed E-state index contributed by atoms with van der Waals surface area (Å²) in [5.41, 5.74) is 2.37. The molecule has 1 atom stereocenters. The van der Waals surface area contributed by atoms with Crippen molar-refractivity contribution in [3.8, 4) is 0 Å². The SMILES string of the molecule is CC(CC=O)c1ccc(C2CCOCC2)c(Cl)c1. The molecule has 1 heterocycles. The van der Waals surface area contributed by atoms with Crippen LogP contribution in [0.4, 0.5) is 0 Å². The van der Waals surface area contributed by atoms with E-state index in [2.05, 4.69) is 12.1 Å². The zero-order valence-corrected chi connectivity index (χ0v) is 11.5. The van der Waals surface area contributed by atoms with Gasteiger partial charge in [0.15, 0.2) is 0 Å². The molecular weight excluding hydrogens is 248 g/mol. The molecule has 0 aliphatic carbocycles. The number of aldehydes is 1. The Bertz CT molecular complexity index is 411. The Balaban J connectivity index is 2.16. The van der Waals surface area contributed by atoms with Crippen LogP contribution in [-0.2, 0) is 9.53 Å². The first-order valence-corrected chi connectivity index (χ1v) is 6.91. The summed E-state index contributed by atoms with van der Waals surface area (Å²) in [5.74, 6) is 0.755. The van der Waals surface area contributed by atoms with Gasteiger partial charge >= 0.3 is 0 Å². The molecule has 98 valence electrons. The Morgan fingerprint density at radius 2 is 2.17 bits per heavy atom. The van der Waals surface area contributed by atoms with Crippen molar-refractivity contribution in [2.45, 2.75) is 38.0 Å². The summed E-state index contributed by atoms with van der Waals surface area (Å²) in [5, 5.41) is 0.831. The van der Waals surface area contributed by atoms with Crippen molar-refractivity contribution >= 4 is 17.9 Å². The highest BCUT2D eigenvalue weighted by molar-refractivity contribution is 6.31. The fourth-order valence-corrected chi connectivity index (χ4v) is 2.81. The van der Waals surface area contributed by atoms with E-state index >= 15 is 0 Å². The molecule has 0 amide bonds. The maximum absolute atomic E-state index is 10.5. The van der Waals surface area contributed by atoms with Gasteiger partial charge < -0.3 is 9.53 Å². The molecular formula is C15H19ClO2. The molecule has 2 rings (SSSR count). The predicted octanol–water partition coefficient (Wildman–Crippen LogP) is 3.93. The molecule has 1 aliphatic rings. The minimum Gasteiger partial charge on any atom is -0.381 e. The van der Waals surface area contributed by atoms with Crippen LogP contribution < -0.4 is 0 Å².